The second-order valence-electron chi connectivity index (χ2n) is 4.38. The van der Waals surface area contributed by atoms with Gasteiger partial charge in [0.05, 0.1) is 18.7 Å². The summed E-state index contributed by atoms with van der Waals surface area (Å²) in [6.45, 7) is -0.210. The molecule has 0 radical (unpaired) electrons. The normalized spacial score (nSPS) is 9.64. The lowest BCUT2D eigenvalue weighted by Gasteiger charge is -2.06. The molecule has 0 atom stereocenters. The summed E-state index contributed by atoms with van der Waals surface area (Å²) in [7, 11) is 1.25. The fourth-order valence-corrected chi connectivity index (χ4v) is 1.79. The second kappa shape index (κ2) is 6.99. The van der Waals surface area contributed by atoms with Crippen LogP contribution in [0.1, 0.15) is 16.1 Å². The maximum Gasteiger partial charge on any atom is 0.325 e. The number of nitrogens with one attached hydrogen (secondary N) is 1. The first-order valence-electron chi connectivity index (χ1n) is 6.45. The van der Waals surface area contributed by atoms with Crippen molar-refractivity contribution in [2.24, 2.45) is 0 Å². The number of carbonyl (C=O) groups is 2. The number of hydrogen-bond acceptors (Lipinski definition) is 5. The second-order valence-corrected chi connectivity index (χ2v) is 4.38. The molecule has 110 valence electrons. The van der Waals surface area contributed by atoms with Gasteiger partial charge in [-0.25, -0.2) is 0 Å². The zero-order valence-electron chi connectivity index (χ0n) is 11.9. The van der Waals surface area contributed by atoms with E-state index in [0.29, 0.717) is 5.56 Å². The van der Waals surface area contributed by atoms with Crippen molar-refractivity contribution in [1.29, 1.82) is 5.26 Å². The average Bonchev–Trinajstić information content (AvgIpc) is 2.59. The lowest BCUT2D eigenvalue weighted by Crippen LogP contribution is -2.30. The number of carbonyl (C=O) groups excluding carboxylic acids is 2. The number of methoxy groups -OCH3 is 1. The van der Waals surface area contributed by atoms with Crippen LogP contribution in [-0.4, -0.2) is 30.5 Å². The van der Waals surface area contributed by atoms with Gasteiger partial charge in [-0.1, -0.05) is 12.1 Å². The zero-order valence-corrected chi connectivity index (χ0v) is 11.9. The third kappa shape index (κ3) is 3.67. The largest absolute Gasteiger partial charge is 0.468 e. The number of hydrogen-bond donors (Lipinski definition) is 1. The van der Waals surface area contributed by atoms with Crippen molar-refractivity contribution in [3.63, 3.8) is 0 Å². The van der Waals surface area contributed by atoms with Gasteiger partial charge in [0.25, 0.3) is 5.91 Å². The monoisotopic (exact) mass is 295 g/mol. The van der Waals surface area contributed by atoms with Crippen LogP contribution in [-0.2, 0) is 9.53 Å². The van der Waals surface area contributed by atoms with E-state index in [1.165, 1.54) is 13.3 Å². The van der Waals surface area contributed by atoms with Crippen molar-refractivity contribution >= 4 is 11.9 Å². The summed E-state index contributed by atoms with van der Waals surface area (Å²) in [5, 5.41) is 11.2. The number of amides is 1. The van der Waals surface area contributed by atoms with Gasteiger partial charge in [-0.05, 0) is 35.4 Å². The van der Waals surface area contributed by atoms with Gasteiger partial charge < -0.3 is 10.1 Å². The van der Waals surface area contributed by atoms with Crippen LogP contribution in [0.2, 0.25) is 0 Å². The van der Waals surface area contributed by atoms with Crippen LogP contribution < -0.4 is 5.32 Å². The van der Waals surface area contributed by atoms with Gasteiger partial charge in [-0.2, -0.15) is 5.26 Å². The molecule has 0 saturated carbocycles. The molecule has 6 nitrogen and oxygen atoms in total. The van der Waals surface area contributed by atoms with E-state index in [9.17, 15) is 9.59 Å². The Bertz CT molecular complexity index is 733. The van der Waals surface area contributed by atoms with E-state index in [1.807, 2.05) is 6.07 Å². The third-order valence-corrected chi connectivity index (χ3v) is 2.96. The number of aromatic nitrogens is 1. The Kier molecular flexibility index (Phi) is 4.83. The fraction of sp³-hybridized carbons (Fsp3) is 0.125. The van der Waals surface area contributed by atoms with Crippen LogP contribution in [0.4, 0.5) is 0 Å². The van der Waals surface area contributed by atoms with Gasteiger partial charge in [0.15, 0.2) is 0 Å². The molecule has 1 amide bonds. The van der Waals surface area contributed by atoms with E-state index in [4.69, 9.17) is 5.26 Å². The van der Waals surface area contributed by atoms with Crippen molar-refractivity contribution in [1.82, 2.24) is 10.3 Å². The quantitative estimate of drug-likeness (QED) is 0.863. The maximum absolute atomic E-state index is 11.9. The first kappa shape index (κ1) is 15.2. The van der Waals surface area contributed by atoms with Crippen molar-refractivity contribution in [2.45, 2.75) is 0 Å². The molecule has 0 bridgehead atoms. The summed E-state index contributed by atoms with van der Waals surface area (Å²) in [6.07, 6.45) is 1.51. The van der Waals surface area contributed by atoms with E-state index < -0.39 is 11.9 Å². The average molecular weight is 295 g/mol. The van der Waals surface area contributed by atoms with Crippen LogP contribution in [0.5, 0.6) is 0 Å². The third-order valence-electron chi connectivity index (χ3n) is 2.96. The van der Waals surface area contributed by atoms with E-state index in [1.54, 1.807) is 36.4 Å². The number of ether oxygens (including phenoxy) is 1. The van der Waals surface area contributed by atoms with E-state index in [-0.39, 0.29) is 12.2 Å². The number of nitriles is 1. The molecule has 2 rings (SSSR count). The van der Waals surface area contributed by atoms with Crippen LogP contribution in [0.3, 0.4) is 0 Å². The van der Waals surface area contributed by atoms with Crippen molar-refractivity contribution in [3.8, 4) is 17.2 Å². The first-order chi connectivity index (χ1) is 10.6. The Balaban J connectivity index is 2.17. The molecule has 0 aliphatic carbocycles. The Morgan fingerprint density at radius 2 is 1.95 bits per heavy atom. The minimum atomic E-state index is -0.531. The zero-order chi connectivity index (χ0) is 15.9. The number of benzene rings is 1. The summed E-state index contributed by atoms with van der Waals surface area (Å²) in [4.78, 5) is 26.9. The predicted molar refractivity (Wildman–Crippen MR) is 78.7 cm³/mol. The number of esters is 1. The SMILES string of the molecule is COC(=O)CNC(=O)c1cc(-c2ccc(C#N)cc2)ccn1. The Morgan fingerprint density at radius 1 is 1.23 bits per heavy atom. The topological polar surface area (TPSA) is 92.1 Å². The Hall–Kier alpha value is -3.20. The van der Waals surface area contributed by atoms with Gasteiger partial charge >= 0.3 is 5.97 Å². The summed E-state index contributed by atoms with van der Waals surface area (Å²) >= 11 is 0. The van der Waals surface area contributed by atoms with Crippen molar-refractivity contribution < 1.29 is 14.3 Å². The highest BCUT2D eigenvalue weighted by atomic mass is 16.5. The number of rotatable bonds is 4. The molecule has 0 aliphatic rings. The fourth-order valence-electron chi connectivity index (χ4n) is 1.79. The minimum absolute atomic E-state index is 0.200. The molecule has 0 aliphatic heterocycles. The van der Waals surface area contributed by atoms with Crippen molar-refractivity contribution in [3.05, 3.63) is 53.9 Å². The number of nitrogens with zero attached hydrogens (tertiary/aromatic N) is 2. The molecule has 1 N–H and O–H groups in total. The van der Waals surface area contributed by atoms with E-state index in [2.05, 4.69) is 15.0 Å². The summed E-state index contributed by atoms with van der Waals surface area (Å²) in [5.41, 5.74) is 2.42. The minimum Gasteiger partial charge on any atom is -0.468 e. The molecule has 6 heteroatoms. The van der Waals surface area contributed by atoms with E-state index >= 15 is 0 Å². The molecular formula is C16H13N3O3. The molecule has 0 spiro atoms. The van der Waals surface area contributed by atoms with E-state index in [0.717, 1.165) is 11.1 Å². The summed E-state index contributed by atoms with van der Waals surface area (Å²) in [6, 6.07) is 12.4. The maximum atomic E-state index is 11.9. The number of pyridine rings is 1. The molecule has 0 saturated heterocycles. The molecule has 22 heavy (non-hydrogen) atoms. The Morgan fingerprint density at radius 3 is 2.59 bits per heavy atom. The summed E-state index contributed by atoms with van der Waals surface area (Å²) in [5.74, 6) is -0.988. The first-order valence-corrected chi connectivity index (χ1v) is 6.45. The van der Waals surface area contributed by atoms with Crippen LogP contribution in [0.15, 0.2) is 42.6 Å². The molecule has 2 aromatic rings. The lowest BCUT2D eigenvalue weighted by molar-refractivity contribution is -0.139. The van der Waals surface area contributed by atoms with Gasteiger partial charge in [0.1, 0.15) is 12.2 Å². The molecular weight excluding hydrogens is 282 g/mol. The highest BCUT2D eigenvalue weighted by Gasteiger charge is 2.10. The van der Waals surface area contributed by atoms with Crippen LogP contribution in [0.25, 0.3) is 11.1 Å². The van der Waals surface area contributed by atoms with Crippen LogP contribution >= 0.6 is 0 Å². The molecule has 0 unspecified atom stereocenters. The summed E-state index contributed by atoms with van der Waals surface area (Å²) < 4.78 is 4.45. The highest BCUT2D eigenvalue weighted by Crippen LogP contribution is 2.19. The molecule has 1 heterocycles. The predicted octanol–water partition coefficient (Wildman–Crippen LogP) is 1.52. The molecule has 1 aromatic heterocycles. The Labute approximate surface area is 127 Å². The van der Waals surface area contributed by atoms with Gasteiger partial charge in [-0.15, -0.1) is 0 Å². The van der Waals surface area contributed by atoms with Gasteiger partial charge in [0, 0.05) is 6.20 Å². The molecule has 0 fully saturated rings. The van der Waals surface area contributed by atoms with Crippen LogP contribution in [0, 0.1) is 11.3 Å². The smallest absolute Gasteiger partial charge is 0.325 e. The van der Waals surface area contributed by atoms with Crippen molar-refractivity contribution in [2.75, 3.05) is 13.7 Å². The lowest BCUT2D eigenvalue weighted by atomic mass is 10.0. The van der Waals surface area contributed by atoms with Gasteiger partial charge in [0.2, 0.25) is 0 Å². The standard InChI is InChI=1S/C16H13N3O3/c1-22-15(20)10-19-16(21)14-8-13(6-7-18-14)12-4-2-11(9-17)3-5-12/h2-8H,10H2,1H3,(H,19,21). The van der Waals surface area contributed by atoms with Gasteiger partial charge in [-0.3, -0.25) is 14.6 Å². The highest BCUT2D eigenvalue weighted by molar-refractivity contribution is 5.95. The molecule has 1 aromatic carbocycles.